The lowest BCUT2D eigenvalue weighted by atomic mass is 9.84. The smallest absolute Gasteiger partial charge is 0.246 e. The standard InChI is InChI=1S/C13H24N2O3/c1-9-11(16)14-10(13(2,3)4)12(17)15(9)7-6-8-18-5/h9-10H,6-8H2,1-5H3,(H,14,16). The minimum atomic E-state index is -0.441. The van der Waals surface area contributed by atoms with Crippen LogP contribution in [0.3, 0.4) is 0 Å². The zero-order valence-corrected chi connectivity index (χ0v) is 11.9. The summed E-state index contributed by atoms with van der Waals surface area (Å²) < 4.78 is 4.99. The highest BCUT2D eigenvalue weighted by Crippen LogP contribution is 2.25. The fourth-order valence-corrected chi connectivity index (χ4v) is 2.09. The molecule has 0 radical (unpaired) electrons. The molecule has 0 aromatic rings. The second-order valence-corrected chi connectivity index (χ2v) is 5.86. The summed E-state index contributed by atoms with van der Waals surface area (Å²) in [5.41, 5.74) is -0.271. The lowest BCUT2D eigenvalue weighted by Crippen LogP contribution is -2.65. The van der Waals surface area contributed by atoms with E-state index in [4.69, 9.17) is 4.74 Å². The molecule has 104 valence electrons. The van der Waals surface area contributed by atoms with Gasteiger partial charge in [-0.3, -0.25) is 9.59 Å². The van der Waals surface area contributed by atoms with E-state index in [-0.39, 0.29) is 17.2 Å². The minimum absolute atomic E-state index is 0.00528. The zero-order valence-electron chi connectivity index (χ0n) is 11.9. The van der Waals surface area contributed by atoms with Crippen LogP contribution in [0.2, 0.25) is 0 Å². The molecule has 0 saturated carbocycles. The summed E-state index contributed by atoms with van der Waals surface area (Å²) in [4.78, 5) is 26.0. The fraction of sp³-hybridized carbons (Fsp3) is 0.846. The van der Waals surface area contributed by atoms with Gasteiger partial charge in [0.05, 0.1) is 0 Å². The molecule has 1 rings (SSSR count). The van der Waals surface area contributed by atoms with Crippen molar-refractivity contribution in [3.05, 3.63) is 0 Å². The highest BCUT2D eigenvalue weighted by molar-refractivity contribution is 5.97. The van der Waals surface area contributed by atoms with E-state index < -0.39 is 12.1 Å². The molecule has 5 heteroatoms. The van der Waals surface area contributed by atoms with Crippen LogP contribution < -0.4 is 5.32 Å². The molecule has 1 aliphatic rings. The molecule has 18 heavy (non-hydrogen) atoms. The third kappa shape index (κ3) is 3.22. The lowest BCUT2D eigenvalue weighted by Gasteiger charge is -2.42. The Morgan fingerprint density at radius 3 is 2.44 bits per heavy atom. The molecule has 1 fully saturated rings. The zero-order chi connectivity index (χ0) is 13.9. The van der Waals surface area contributed by atoms with Crippen molar-refractivity contribution in [1.29, 1.82) is 0 Å². The average Bonchev–Trinajstić information content (AvgIpc) is 2.26. The number of rotatable bonds is 4. The molecule has 2 amide bonds. The van der Waals surface area contributed by atoms with Crippen LogP contribution in [0.5, 0.6) is 0 Å². The van der Waals surface area contributed by atoms with Gasteiger partial charge in [-0.15, -0.1) is 0 Å². The third-order valence-electron chi connectivity index (χ3n) is 3.28. The average molecular weight is 256 g/mol. The molecule has 1 N–H and O–H groups in total. The van der Waals surface area contributed by atoms with Crippen molar-refractivity contribution in [2.45, 2.75) is 46.2 Å². The third-order valence-corrected chi connectivity index (χ3v) is 3.28. The second kappa shape index (κ2) is 5.69. The molecule has 0 aromatic heterocycles. The first-order valence-electron chi connectivity index (χ1n) is 6.39. The van der Waals surface area contributed by atoms with E-state index in [1.807, 2.05) is 20.8 Å². The maximum absolute atomic E-state index is 12.4. The van der Waals surface area contributed by atoms with E-state index in [0.29, 0.717) is 13.2 Å². The Morgan fingerprint density at radius 2 is 1.94 bits per heavy atom. The first kappa shape index (κ1) is 15.0. The van der Waals surface area contributed by atoms with Crippen LogP contribution in [0, 0.1) is 5.41 Å². The van der Waals surface area contributed by atoms with Gasteiger partial charge >= 0.3 is 0 Å². The molecular formula is C13H24N2O3. The van der Waals surface area contributed by atoms with E-state index >= 15 is 0 Å². The van der Waals surface area contributed by atoms with E-state index in [0.717, 1.165) is 6.42 Å². The van der Waals surface area contributed by atoms with Crippen LogP contribution in [0.4, 0.5) is 0 Å². The molecule has 2 unspecified atom stereocenters. The van der Waals surface area contributed by atoms with Gasteiger partial charge in [0.1, 0.15) is 12.1 Å². The van der Waals surface area contributed by atoms with Crippen LogP contribution in [0.1, 0.15) is 34.1 Å². The molecule has 2 atom stereocenters. The van der Waals surface area contributed by atoms with Gasteiger partial charge in [-0.1, -0.05) is 20.8 Å². The van der Waals surface area contributed by atoms with Gasteiger partial charge in [-0.05, 0) is 18.8 Å². The predicted octanol–water partition coefficient (Wildman–Crippen LogP) is 0.784. The molecule has 0 aliphatic carbocycles. The Morgan fingerprint density at radius 1 is 1.33 bits per heavy atom. The van der Waals surface area contributed by atoms with Crippen molar-refractivity contribution < 1.29 is 14.3 Å². The number of carbonyl (C=O) groups excluding carboxylic acids is 2. The molecule has 0 spiro atoms. The van der Waals surface area contributed by atoms with E-state index in [1.165, 1.54) is 0 Å². The molecule has 1 aliphatic heterocycles. The molecule has 0 aromatic carbocycles. The number of hydrogen-bond acceptors (Lipinski definition) is 3. The summed E-state index contributed by atoms with van der Waals surface area (Å²) in [7, 11) is 1.63. The van der Waals surface area contributed by atoms with Crippen molar-refractivity contribution in [3.63, 3.8) is 0 Å². The number of nitrogens with one attached hydrogen (secondary N) is 1. The fourth-order valence-electron chi connectivity index (χ4n) is 2.09. The topological polar surface area (TPSA) is 58.6 Å². The summed E-state index contributed by atoms with van der Waals surface area (Å²) in [6.45, 7) is 8.79. The van der Waals surface area contributed by atoms with Crippen molar-refractivity contribution in [1.82, 2.24) is 10.2 Å². The largest absolute Gasteiger partial charge is 0.385 e. The Balaban J connectivity index is 2.79. The Hall–Kier alpha value is -1.10. The Labute approximate surface area is 109 Å². The molecule has 5 nitrogen and oxygen atoms in total. The van der Waals surface area contributed by atoms with Crippen molar-refractivity contribution in [2.75, 3.05) is 20.3 Å². The molecule has 0 bridgehead atoms. The second-order valence-electron chi connectivity index (χ2n) is 5.86. The lowest BCUT2D eigenvalue weighted by molar-refractivity contribution is -0.151. The number of hydrogen-bond donors (Lipinski definition) is 1. The van der Waals surface area contributed by atoms with E-state index in [1.54, 1.807) is 18.9 Å². The van der Waals surface area contributed by atoms with Crippen LogP contribution >= 0.6 is 0 Å². The number of methoxy groups -OCH3 is 1. The van der Waals surface area contributed by atoms with Gasteiger partial charge in [0.25, 0.3) is 0 Å². The number of ether oxygens (including phenoxy) is 1. The van der Waals surface area contributed by atoms with Gasteiger partial charge in [-0.25, -0.2) is 0 Å². The summed E-state index contributed by atoms with van der Waals surface area (Å²) in [5, 5.41) is 2.81. The van der Waals surface area contributed by atoms with Gasteiger partial charge in [0.2, 0.25) is 11.8 Å². The van der Waals surface area contributed by atoms with Crippen LogP contribution in [0.15, 0.2) is 0 Å². The van der Waals surface area contributed by atoms with Crippen molar-refractivity contribution in [3.8, 4) is 0 Å². The van der Waals surface area contributed by atoms with Crippen LogP contribution in [-0.2, 0) is 14.3 Å². The quantitative estimate of drug-likeness (QED) is 0.756. The Bertz CT molecular complexity index is 323. The van der Waals surface area contributed by atoms with E-state index in [2.05, 4.69) is 5.32 Å². The molecular weight excluding hydrogens is 232 g/mol. The number of carbonyl (C=O) groups is 2. The maximum atomic E-state index is 12.4. The van der Waals surface area contributed by atoms with Crippen molar-refractivity contribution in [2.24, 2.45) is 5.41 Å². The van der Waals surface area contributed by atoms with Gasteiger partial charge in [-0.2, -0.15) is 0 Å². The number of amides is 2. The van der Waals surface area contributed by atoms with Gasteiger partial charge < -0.3 is 15.0 Å². The number of nitrogens with zero attached hydrogens (tertiary/aromatic N) is 1. The number of piperazine rings is 1. The molecule has 1 saturated heterocycles. The maximum Gasteiger partial charge on any atom is 0.246 e. The van der Waals surface area contributed by atoms with E-state index in [9.17, 15) is 9.59 Å². The van der Waals surface area contributed by atoms with Gasteiger partial charge in [0, 0.05) is 20.3 Å². The monoisotopic (exact) mass is 256 g/mol. The summed E-state index contributed by atoms with van der Waals surface area (Å²) in [6, 6.07) is -0.836. The van der Waals surface area contributed by atoms with Gasteiger partial charge in [0.15, 0.2) is 0 Å². The first-order chi connectivity index (χ1) is 8.29. The molecule has 1 heterocycles. The normalized spacial score (nSPS) is 25.3. The van der Waals surface area contributed by atoms with Crippen LogP contribution in [0.25, 0.3) is 0 Å². The SMILES string of the molecule is COCCCN1C(=O)C(C(C)(C)C)NC(=O)C1C. The first-order valence-corrected chi connectivity index (χ1v) is 6.39. The summed E-state index contributed by atoms with van der Waals surface area (Å²) >= 11 is 0. The van der Waals surface area contributed by atoms with Crippen LogP contribution in [-0.4, -0.2) is 49.1 Å². The summed E-state index contributed by atoms with van der Waals surface area (Å²) in [5.74, 6) is -0.0716. The highest BCUT2D eigenvalue weighted by atomic mass is 16.5. The predicted molar refractivity (Wildman–Crippen MR) is 69.1 cm³/mol. The minimum Gasteiger partial charge on any atom is -0.385 e. The summed E-state index contributed by atoms with van der Waals surface area (Å²) in [6.07, 6.45) is 0.747. The Kier molecular flexibility index (Phi) is 4.73. The van der Waals surface area contributed by atoms with Crippen molar-refractivity contribution >= 4 is 11.8 Å². The highest BCUT2D eigenvalue weighted by Gasteiger charge is 2.43.